The predicted molar refractivity (Wildman–Crippen MR) is 91.5 cm³/mol. The predicted octanol–water partition coefficient (Wildman–Crippen LogP) is 3.39. The average molecular weight is 333 g/mol. The van der Waals surface area contributed by atoms with Gasteiger partial charge in [-0.2, -0.15) is 4.76 Å². The smallest absolute Gasteiger partial charge is 0.362 e. The summed E-state index contributed by atoms with van der Waals surface area (Å²) in [6.07, 6.45) is 7.23. The lowest BCUT2D eigenvalue weighted by molar-refractivity contribution is 0.274. The highest BCUT2D eigenvalue weighted by Crippen LogP contribution is 2.48. The van der Waals surface area contributed by atoms with Crippen LogP contribution in [-0.2, 0) is 13.6 Å². The van der Waals surface area contributed by atoms with Gasteiger partial charge in [0.1, 0.15) is 5.84 Å². The van der Waals surface area contributed by atoms with Crippen molar-refractivity contribution >= 4 is 13.6 Å². The molecule has 0 aliphatic carbocycles. The summed E-state index contributed by atoms with van der Waals surface area (Å²) in [5.74, 6) is 0.794. The number of nitrogens with zero attached hydrogens (tertiary/aromatic N) is 3. The summed E-state index contributed by atoms with van der Waals surface area (Å²) in [5, 5.41) is 0. The molecule has 1 rings (SSSR count). The van der Waals surface area contributed by atoms with Crippen LogP contribution in [0, 0.1) is 0 Å². The fourth-order valence-corrected chi connectivity index (χ4v) is 3.36. The van der Waals surface area contributed by atoms with Gasteiger partial charge in [0, 0.05) is 27.8 Å². The van der Waals surface area contributed by atoms with Crippen LogP contribution in [0.25, 0.3) is 0 Å². The molecule has 0 aromatic heterocycles. The van der Waals surface area contributed by atoms with Crippen molar-refractivity contribution in [2.75, 3.05) is 47.4 Å². The molecule has 130 valence electrons. The summed E-state index contributed by atoms with van der Waals surface area (Å²) in [7, 11) is 1.38. The molecule has 1 saturated heterocycles. The summed E-state index contributed by atoms with van der Waals surface area (Å²) in [5.41, 5.74) is 0. The maximum atomic E-state index is 12.4. The Balaban J connectivity index is 2.84. The van der Waals surface area contributed by atoms with Gasteiger partial charge in [-0.1, -0.05) is 26.2 Å². The molecular formula is C15H32N3O3P. The fourth-order valence-electron chi connectivity index (χ4n) is 2.54. The third-order valence-corrected chi connectivity index (χ3v) is 5.45. The molecule has 0 radical (unpaired) electrons. The van der Waals surface area contributed by atoms with Crippen LogP contribution in [0.3, 0.4) is 0 Å². The SMILES string of the molecule is CCCCN(C)C(CN1CCCCCC1)=NP(=O)(OC)OC. The normalized spacial score (nSPS) is 18.3. The van der Waals surface area contributed by atoms with E-state index in [9.17, 15) is 4.57 Å². The second kappa shape index (κ2) is 10.4. The maximum absolute atomic E-state index is 12.4. The second-order valence-electron chi connectivity index (χ2n) is 5.82. The van der Waals surface area contributed by atoms with Crippen molar-refractivity contribution in [3.8, 4) is 0 Å². The molecule has 0 spiro atoms. The van der Waals surface area contributed by atoms with Crippen LogP contribution >= 0.6 is 7.75 Å². The molecule has 1 aliphatic rings. The molecule has 0 aromatic carbocycles. The summed E-state index contributed by atoms with van der Waals surface area (Å²) in [6.45, 7) is 5.91. The van der Waals surface area contributed by atoms with Gasteiger partial charge in [-0.15, -0.1) is 0 Å². The highest BCUT2D eigenvalue weighted by Gasteiger charge is 2.24. The molecule has 0 N–H and O–H groups in total. The van der Waals surface area contributed by atoms with Crippen molar-refractivity contribution < 1.29 is 13.6 Å². The zero-order chi connectivity index (χ0) is 16.4. The van der Waals surface area contributed by atoms with E-state index < -0.39 is 7.75 Å². The van der Waals surface area contributed by atoms with Gasteiger partial charge in [0.05, 0.1) is 6.54 Å². The highest BCUT2D eigenvalue weighted by atomic mass is 31.2. The quantitative estimate of drug-likeness (QED) is 0.387. The standard InChI is InChI=1S/C15H32N3O3P/c1-5-6-11-17(2)15(16-22(19,20-3)21-4)14-18-12-9-7-8-10-13-18/h5-14H2,1-4H3. The van der Waals surface area contributed by atoms with Crippen LogP contribution in [-0.4, -0.2) is 63.1 Å². The molecule has 0 bridgehead atoms. The first-order chi connectivity index (χ1) is 10.5. The number of hydrogen-bond acceptors (Lipinski definition) is 4. The van der Waals surface area contributed by atoms with E-state index in [0.717, 1.165) is 38.3 Å². The van der Waals surface area contributed by atoms with Crippen LogP contribution in [0.4, 0.5) is 0 Å². The van der Waals surface area contributed by atoms with Crippen LogP contribution in [0.5, 0.6) is 0 Å². The van der Waals surface area contributed by atoms with E-state index in [2.05, 4.69) is 21.5 Å². The van der Waals surface area contributed by atoms with Crippen molar-refractivity contribution in [1.82, 2.24) is 9.80 Å². The second-order valence-corrected chi connectivity index (χ2v) is 7.68. The Morgan fingerprint density at radius 2 is 1.77 bits per heavy atom. The minimum atomic E-state index is -3.38. The number of hydrogen-bond donors (Lipinski definition) is 0. The largest absolute Gasteiger partial charge is 0.455 e. The monoisotopic (exact) mass is 333 g/mol. The van der Waals surface area contributed by atoms with Crippen LogP contribution < -0.4 is 0 Å². The van der Waals surface area contributed by atoms with E-state index in [-0.39, 0.29) is 0 Å². The molecule has 1 fully saturated rings. The number of unbranched alkanes of at least 4 members (excludes halogenated alkanes) is 1. The lowest BCUT2D eigenvalue weighted by Gasteiger charge is -2.27. The van der Waals surface area contributed by atoms with E-state index in [1.54, 1.807) is 0 Å². The van der Waals surface area contributed by atoms with Gasteiger partial charge in [-0.25, -0.2) is 4.57 Å². The molecule has 22 heavy (non-hydrogen) atoms. The molecule has 0 amide bonds. The van der Waals surface area contributed by atoms with Crippen molar-refractivity contribution in [3.63, 3.8) is 0 Å². The molecule has 0 saturated carbocycles. The van der Waals surface area contributed by atoms with Crippen LogP contribution in [0.2, 0.25) is 0 Å². The fraction of sp³-hybridized carbons (Fsp3) is 0.933. The van der Waals surface area contributed by atoms with Crippen molar-refractivity contribution in [2.24, 2.45) is 4.76 Å². The van der Waals surface area contributed by atoms with Gasteiger partial charge in [0.25, 0.3) is 0 Å². The Labute approximate surface area is 135 Å². The average Bonchev–Trinajstić information content (AvgIpc) is 2.80. The number of amidine groups is 1. The Morgan fingerprint density at radius 1 is 1.18 bits per heavy atom. The van der Waals surface area contributed by atoms with Crippen molar-refractivity contribution in [3.05, 3.63) is 0 Å². The highest BCUT2D eigenvalue weighted by molar-refractivity contribution is 7.52. The molecule has 0 unspecified atom stereocenters. The van der Waals surface area contributed by atoms with E-state index in [1.807, 2.05) is 7.05 Å². The lowest BCUT2D eigenvalue weighted by atomic mass is 10.2. The van der Waals surface area contributed by atoms with E-state index in [4.69, 9.17) is 9.05 Å². The molecule has 0 atom stereocenters. The van der Waals surface area contributed by atoms with Gasteiger partial charge < -0.3 is 4.90 Å². The van der Waals surface area contributed by atoms with Crippen molar-refractivity contribution in [1.29, 1.82) is 0 Å². The minimum Gasteiger partial charge on any atom is -0.362 e. The molecular weight excluding hydrogens is 301 g/mol. The Morgan fingerprint density at radius 3 is 2.27 bits per heavy atom. The summed E-state index contributed by atoms with van der Waals surface area (Å²) < 4.78 is 26.7. The third kappa shape index (κ3) is 6.78. The Hall–Kier alpha value is -0.420. The molecule has 6 nitrogen and oxygen atoms in total. The van der Waals surface area contributed by atoms with E-state index in [1.165, 1.54) is 39.9 Å². The maximum Gasteiger partial charge on any atom is 0.455 e. The topological polar surface area (TPSA) is 54.4 Å². The van der Waals surface area contributed by atoms with Gasteiger partial charge in [-0.3, -0.25) is 13.9 Å². The number of rotatable bonds is 8. The van der Waals surface area contributed by atoms with Crippen LogP contribution in [0.15, 0.2) is 4.76 Å². The van der Waals surface area contributed by atoms with Crippen LogP contribution in [0.1, 0.15) is 45.4 Å². The van der Waals surface area contributed by atoms with Gasteiger partial charge in [0.15, 0.2) is 0 Å². The molecule has 1 heterocycles. The van der Waals surface area contributed by atoms with Gasteiger partial charge in [0.2, 0.25) is 0 Å². The third-order valence-electron chi connectivity index (χ3n) is 4.05. The first-order valence-corrected chi connectivity index (χ1v) is 9.78. The lowest BCUT2D eigenvalue weighted by Crippen LogP contribution is -2.39. The first-order valence-electron chi connectivity index (χ1n) is 8.28. The number of likely N-dealkylation sites (tertiary alicyclic amines) is 1. The zero-order valence-corrected chi connectivity index (χ0v) is 15.5. The summed E-state index contributed by atoms with van der Waals surface area (Å²) in [4.78, 5) is 4.48. The van der Waals surface area contributed by atoms with E-state index >= 15 is 0 Å². The Bertz CT molecular complexity index is 374. The van der Waals surface area contributed by atoms with Gasteiger partial charge >= 0.3 is 7.75 Å². The van der Waals surface area contributed by atoms with E-state index in [0.29, 0.717) is 6.54 Å². The molecule has 0 aromatic rings. The Kier molecular flexibility index (Phi) is 9.25. The molecule has 1 aliphatic heterocycles. The van der Waals surface area contributed by atoms with Crippen molar-refractivity contribution in [2.45, 2.75) is 45.4 Å². The van der Waals surface area contributed by atoms with Gasteiger partial charge in [-0.05, 0) is 32.4 Å². The molecule has 7 heteroatoms. The number of likely N-dealkylation sites (N-methyl/N-ethyl adjacent to an activating group) is 1. The first kappa shape index (κ1) is 19.6. The summed E-state index contributed by atoms with van der Waals surface area (Å²) >= 11 is 0. The summed E-state index contributed by atoms with van der Waals surface area (Å²) in [6, 6.07) is 0. The zero-order valence-electron chi connectivity index (χ0n) is 14.6. The minimum absolute atomic E-state index is 0.705.